The molecule has 0 aliphatic heterocycles. The Balaban J connectivity index is 1.78. The van der Waals surface area contributed by atoms with Crippen LogP contribution in [0.15, 0.2) is 70.9 Å². The van der Waals surface area contributed by atoms with Gasteiger partial charge >= 0.3 is 0 Å². The molecule has 0 heterocycles. The molecular weight excluding hydrogens is 192 g/mol. The van der Waals surface area contributed by atoms with E-state index in [1.54, 1.807) is 11.1 Å². The number of hydrogen-bond acceptors (Lipinski definition) is 0. The third-order valence-electron chi connectivity index (χ3n) is 3.60. The lowest BCUT2D eigenvalue weighted by molar-refractivity contribution is 0.720. The molecule has 0 heteroatoms. The smallest absolute Gasteiger partial charge is 0.0264 e. The number of allylic oxidation sites excluding steroid dienone is 12. The molecule has 3 aliphatic carbocycles. The van der Waals surface area contributed by atoms with Gasteiger partial charge in [0.25, 0.3) is 0 Å². The SMILES string of the molecule is C1=CC(=C2CCC(=C3C=CC=C3)CC2)C=C1. The van der Waals surface area contributed by atoms with E-state index in [1.165, 1.54) is 36.8 Å². The van der Waals surface area contributed by atoms with Gasteiger partial charge in [-0.2, -0.15) is 0 Å². The van der Waals surface area contributed by atoms with E-state index in [2.05, 4.69) is 48.6 Å². The van der Waals surface area contributed by atoms with Gasteiger partial charge in [0.05, 0.1) is 0 Å². The van der Waals surface area contributed by atoms with E-state index in [0.29, 0.717) is 0 Å². The third-order valence-corrected chi connectivity index (χ3v) is 3.60. The minimum atomic E-state index is 1.24. The van der Waals surface area contributed by atoms with Gasteiger partial charge in [-0.05, 0) is 36.8 Å². The average Bonchev–Trinajstić information content (AvgIpc) is 3.03. The predicted molar refractivity (Wildman–Crippen MR) is 69.1 cm³/mol. The van der Waals surface area contributed by atoms with Crippen LogP contribution in [0.25, 0.3) is 0 Å². The Bertz CT molecular complexity index is 390. The standard InChI is InChI=1S/C16H16/c1-2-6-13(5-1)15-9-11-16(12-10-15)14-7-3-4-8-14/h1-8H,9-12H2. The summed E-state index contributed by atoms with van der Waals surface area (Å²) < 4.78 is 0. The van der Waals surface area contributed by atoms with Gasteiger partial charge in [0.1, 0.15) is 0 Å². The lowest BCUT2D eigenvalue weighted by Crippen LogP contribution is -2.01. The highest BCUT2D eigenvalue weighted by atomic mass is 14.2. The Hall–Kier alpha value is -1.56. The first-order valence-electron chi connectivity index (χ1n) is 6.07. The molecule has 1 fully saturated rings. The second kappa shape index (κ2) is 4.13. The van der Waals surface area contributed by atoms with E-state index in [1.807, 2.05) is 0 Å². The molecule has 0 radical (unpaired) electrons. The van der Waals surface area contributed by atoms with E-state index in [4.69, 9.17) is 0 Å². The molecule has 0 N–H and O–H groups in total. The van der Waals surface area contributed by atoms with Crippen molar-refractivity contribution in [3.8, 4) is 0 Å². The first-order valence-corrected chi connectivity index (χ1v) is 6.07. The van der Waals surface area contributed by atoms with Gasteiger partial charge in [0.2, 0.25) is 0 Å². The van der Waals surface area contributed by atoms with Crippen LogP contribution >= 0.6 is 0 Å². The summed E-state index contributed by atoms with van der Waals surface area (Å²) in [4.78, 5) is 0. The monoisotopic (exact) mass is 208 g/mol. The van der Waals surface area contributed by atoms with Crippen LogP contribution in [0.5, 0.6) is 0 Å². The van der Waals surface area contributed by atoms with Crippen LogP contribution in [-0.4, -0.2) is 0 Å². The Morgan fingerprint density at radius 1 is 0.500 bits per heavy atom. The minimum Gasteiger partial charge on any atom is -0.0623 e. The molecule has 3 aliphatic rings. The Kier molecular flexibility index (Phi) is 2.49. The summed E-state index contributed by atoms with van der Waals surface area (Å²) in [5, 5.41) is 0. The van der Waals surface area contributed by atoms with Crippen LogP contribution < -0.4 is 0 Å². The van der Waals surface area contributed by atoms with Crippen molar-refractivity contribution in [2.24, 2.45) is 0 Å². The van der Waals surface area contributed by atoms with E-state index in [0.717, 1.165) is 0 Å². The molecule has 3 rings (SSSR count). The van der Waals surface area contributed by atoms with E-state index < -0.39 is 0 Å². The molecule has 0 amide bonds. The molecule has 0 nitrogen and oxygen atoms in total. The van der Waals surface area contributed by atoms with Gasteiger partial charge in [-0.3, -0.25) is 0 Å². The molecular formula is C16H16. The first kappa shape index (κ1) is 9.65. The summed E-state index contributed by atoms with van der Waals surface area (Å²) in [5.74, 6) is 0. The Labute approximate surface area is 97.1 Å². The molecule has 0 atom stereocenters. The second-order valence-electron chi connectivity index (χ2n) is 4.55. The van der Waals surface area contributed by atoms with Gasteiger partial charge in [-0.15, -0.1) is 0 Å². The Morgan fingerprint density at radius 3 is 1.12 bits per heavy atom. The van der Waals surface area contributed by atoms with Crippen LogP contribution in [0.1, 0.15) is 25.7 Å². The van der Waals surface area contributed by atoms with E-state index in [-0.39, 0.29) is 0 Å². The zero-order chi connectivity index (χ0) is 10.8. The van der Waals surface area contributed by atoms with Gasteiger partial charge < -0.3 is 0 Å². The van der Waals surface area contributed by atoms with Gasteiger partial charge in [0, 0.05) is 0 Å². The number of hydrogen-bond donors (Lipinski definition) is 0. The predicted octanol–water partition coefficient (Wildman–Crippen LogP) is 4.41. The number of rotatable bonds is 0. The summed E-state index contributed by atoms with van der Waals surface area (Å²) in [7, 11) is 0. The van der Waals surface area contributed by atoms with E-state index >= 15 is 0 Å². The molecule has 0 aromatic heterocycles. The summed E-state index contributed by atoms with van der Waals surface area (Å²) in [5.41, 5.74) is 6.20. The first-order chi connectivity index (χ1) is 7.93. The summed E-state index contributed by atoms with van der Waals surface area (Å²) in [6.07, 6.45) is 22.5. The van der Waals surface area contributed by atoms with Crippen molar-refractivity contribution in [1.82, 2.24) is 0 Å². The third kappa shape index (κ3) is 1.76. The molecule has 0 spiro atoms. The van der Waals surface area contributed by atoms with Crippen LogP contribution in [0.2, 0.25) is 0 Å². The maximum Gasteiger partial charge on any atom is -0.0264 e. The minimum absolute atomic E-state index is 1.24. The zero-order valence-electron chi connectivity index (χ0n) is 9.45. The Morgan fingerprint density at radius 2 is 0.812 bits per heavy atom. The molecule has 0 unspecified atom stereocenters. The van der Waals surface area contributed by atoms with Crippen molar-refractivity contribution < 1.29 is 0 Å². The quantitative estimate of drug-likeness (QED) is 0.553. The summed E-state index contributed by atoms with van der Waals surface area (Å²) in [6.45, 7) is 0. The van der Waals surface area contributed by atoms with Crippen molar-refractivity contribution in [1.29, 1.82) is 0 Å². The average molecular weight is 208 g/mol. The van der Waals surface area contributed by atoms with Gasteiger partial charge in [-0.1, -0.05) is 59.8 Å². The van der Waals surface area contributed by atoms with Gasteiger partial charge in [0.15, 0.2) is 0 Å². The van der Waals surface area contributed by atoms with Crippen LogP contribution in [0.4, 0.5) is 0 Å². The highest BCUT2D eigenvalue weighted by molar-refractivity contribution is 5.47. The lowest BCUT2D eigenvalue weighted by Gasteiger charge is -2.20. The molecule has 80 valence electrons. The lowest BCUT2D eigenvalue weighted by atomic mass is 9.85. The maximum atomic E-state index is 2.24. The molecule has 16 heavy (non-hydrogen) atoms. The normalized spacial score (nSPS) is 23.0. The van der Waals surface area contributed by atoms with Crippen LogP contribution in [0.3, 0.4) is 0 Å². The van der Waals surface area contributed by atoms with Crippen molar-refractivity contribution >= 4 is 0 Å². The molecule has 1 saturated carbocycles. The van der Waals surface area contributed by atoms with Crippen molar-refractivity contribution in [2.75, 3.05) is 0 Å². The fourth-order valence-electron chi connectivity index (χ4n) is 2.65. The van der Waals surface area contributed by atoms with Crippen molar-refractivity contribution in [3.63, 3.8) is 0 Å². The fraction of sp³-hybridized carbons (Fsp3) is 0.250. The van der Waals surface area contributed by atoms with Crippen molar-refractivity contribution in [2.45, 2.75) is 25.7 Å². The van der Waals surface area contributed by atoms with Crippen LogP contribution in [0, 0.1) is 0 Å². The maximum absolute atomic E-state index is 2.24. The largest absolute Gasteiger partial charge is 0.0623 e. The zero-order valence-corrected chi connectivity index (χ0v) is 9.45. The summed E-state index contributed by atoms with van der Waals surface area (Å²) in [6, 6.07) is 0. The van der Waals surface area contributed by atoms with E-state index in [9.17, 15) is 0 Å². The molecule has 0 saturated heterocycles. The highest BCUT2D eigenvalue weighted by Gasteiger charge is 2.15. The molecule has 0 aromatic rings. The second-order valence-corrected chi connectivity index (χ2v) is 4.55. The van der Waals surface area contributed by atoms with Crippen molar-refractivity contribution in [3.05, 3.63) is 70.9 Å². The van der Waals surface area contributed by atoms with Gasteiger partial charge in [-0.25, -0.2) is 0 Å². The summed E-state index contributed by atoms with van der Waals surface area (Å²) >= 11 is 0. The fourth-order valence-corrected chi connectivity index (χ4v) is 2.65. The highest BCUT2D eigenvalue weighted by Crippen LogP contribution is 2.34. The van der Waals surface area contributed by atoms with Crippen LogP contribution in [-0.2, 0) is 0 Å². The topological polar surface area (TPSA) is 0 Å². The molecule has 0 aromatic carbocycles. The molecule has 0 bridgehead atoms.